The van der Waals surface area contributed by atoms with Gasteiger partial charge in [0.15, 0.2) is 17.5 Å². The Kier molecular flexibility index (Phi) is 8.48. The summed E-state index contributed by atoms with van der Waals surface area (Å²) in [5.74, 6) is 2.49. The third-order valence-electron chi connectivity index (χ3n) is 6.40. The number of rotatable bonds is 10. The van der Waals surface area contributed by atoms with Crippen LogP contribution in [0, 0.1) is 0 Å². The highest BCUT2D eigenvalue weighted by molar-refractivity contribution is 5.79. The Labute approximate surface area is 191 Å². The van der Waals surface area contributed by atoms with Crippen LogP contribution in [0.5, 0.6) is 11.5 Å². The highest BCUT2D eigenvalue weighted by atomic mass is 16.7. The first-order chi connectivity index (χ1) is 15.8. The summed E-state index contributed by atoms with van der Waals surface area (Å²) in [6.07, 6.45) is 5.36. The van der Waals surface area contributed by atoms with Crippen LogP contribution in [0.25, 0.3) is 0 Å². The molecule has 8 nitrogen and oxygen atoms in total. The van der Waals surface area contributed by atoms with E-state index in [4.69, 9.17) is 28.7 Å². The highest BCUT2D eigenvalue weighted by Gasteiger charge is 2.35. The zero-order valence-electron chi connectivity index (χ0n) is 19.2. The molecule has 2 fully saturated rings. The smallest absolute Gasteiger partial charge is 0.231 e. The summed E-state index contributed by atoms with van der Waals surface area (Å²) in [6.45, 7) is 8.51. The van der Waals surface area contributed by atoms with Gasteiger partial charge in [-0.3, -0.25) is 4.99 Å². The van der Waals surface area contributed by atoms with Gasteiger partial charge in [-0.05, 0) is 56.7 Å². The van der Waals surface area contributed by atoms with Gasteiger partial charge in [0, 0.05) is 44.9 Å². The van der Waals surface area contributed by atoms with Gasteiger partial charge >= 0.3 is 0 Å². The van der Waals surface area contributed by atoms with Crippen molar-refractivity contribution in [2.75, 3.05) is 59.5 Å². The van der Waals surface area contributed by atoms with Crippen LogP contribution in [0.4, 0.5) is 0 Å². The molecule has 1 aromatic rings. The van der Waals surface area contributed by atoms with Crippen LogP contribution in [-0.4, -0.2) is 71.5 Å². The van der Waals surface area contributed by atoms with Crippen molar-refractivity contribution in [3.8, 4) is 11.5 Å². The van der Waals surface area contributed by atoms with Gasteiger partial charge in [0.1, 0.15) is 0 Å². The van der Waals surface area contributed by atoms with Crippen LogP contribution in [-0.2, 0) is 19.6 Å². The molecule has 0 spiro atoms. The molecular formula is C24H37N3O5. The maximum Gasteiger partial charge on any atom is 0.231 e. The second-order valence-electron chi connectivity index (χ2n) is 8.65. The van der Waals surface area contributed by atoms with Crippen molar-refractivity contribution in [3.63, 3.8) is 0 Å². The van der Waals surface area contributed by atoms with Crippen LogP contribution < -0.4 is 20.1 Å². The third-order valence-corrected chi connectivity index (χ3v) is 6.40. The summed E-state index contributed by atoms with van der Waals surface area (Å²) in [5, 5.41) is 6.82. The number of nitrogens with zero attached hydrogens (tertiary/aromatic N) is 1. The van der Waals surface area contributed by atoms with Crippen molar-refractivity contribution in [2.24, 2.45) is 4.99 Å². The molecule has 0 amide bonds. The first-order valence-corrected chi connectivity index (χ1v) is 12.0. The van der Waals surface area contributed by atoms with Crippen molar-refractivity contribution < 1.29 is 23.7 Å². The lowest BCUT2D eigenvalue weighted by molar-refractivity contribution is 0.0168. The van der Waals surface area contributed by atoms with Crippen molar-refractivity contribution in [1.82, 2.24) is 10.6 Å². The maximum atomic E-state index is 5.76. The molecule has 0 radical (unpaired) electrons. The Morgan fingerprint density at radius 3 is 2.84 bits per heavy atom. The SMILES string of the molecule is CCNC(=NCC1(c2ccc3c(c2)OCO3)CCOCC1)NCCCOCC1CCCO1. The molecule has 3 heterocycles. The fraction of sp³-hybridized carbons (Fsp3) is 0.708. The molecule has 178 valence electrons. The van der Waals surface area contributed by atoms with E-state index in [0.29, 0.717) is 19.9 Å². The van der Waals surface area contributed by atoms with Crippen LogP contribution in [0.2, 0.25) is 0 Å². The molecule has 0 saturated carbocycles. The number of aliphatic imine (C=N–C) groups is 1. The second kappa shape index (κ2) is 11.7. The summed E-state index contributed by atoms with van der Waals surface area (Å²) in [4.78, 5) is 4.97. The van der Waals surface area contributed by atoms with E-state index in [9.17, 15) is 0 Å². The van der Waals surface area contributed by atoms with Crippen LogP contribution >= 0.6 is 0 Å². The molecule has 0 bridgehead atoms. The van der Waals surface area contributed by atoms with Crippen molar-refractivity contribution >= 4 is 5.96 Å². The first kappa shape index (κ1) is 23.1. The van der Waals surface area contributed by atoms with Gasteiger partial charge in [-0.15, -0.1) is 0 Å². The minimum atomic E-state index is -0.0635. The van der Waals surface area contributed by atoms with E-state index in [0.717, 1.165) is 89.1 Å². The van der Waals surface area contributed by atoms with Gasteiger partial charge in [-0.1, -0.05) is 6.07 Å². The highest BCUT2D eigenvalue weighted by Crippen LogP contribution is 2.41. The van der Waals surface area contributed by atoms with E-state index in [1.807, 2.05) is 6.07 Å². The van der Waals surface area contributed by atoms with Crippen molar-refractivity contribution in [1.29, 1.82) is 0 Å². The molecule has 0 aliphatic carbocycles. The Bertz CT molecular complexity index is 745. The summed E-state index contributed by atoms with van der Waals surface area (Å²) in [7, 11) is 0. The van der Waals surface area contributed by atoms with E-state index in [1.165, 1.54) is 5.56 Å². The van der Waals surface area contributed by atoms with Gasteiger partial charge in [-0.2, -0.15) is 0 Å². The Morgan fingerprint density at radius 1 is 1.16 bits per heavy atom. The van der Waals surface area contributed by atoms with Gasteiger partial charge in [0.2, 0.25) is 6.79 Å². The maximum absolute atomic E-state index is 5.76. The Balaban J connectivity index is 1.32. The van der Waals surface area contributed by atoms with Crippen molar-refractivity contribution in [3.05, 3.63) is 23.8 Å². The predicted molar refractivity (Wildman–Crippen MR) is 123 cm³/mol. The number of nitrogens with one attached hydrogen (secondary N) is 2. The van der Waals surface area contributed by atoms with E-state index in [2.05, 4.69) is 29.7 Å². The molecule has 0 aromatic heterocycles. The fourth-order valence-corrected chi connectivity index (χ4v) is 4.47. The molecule has 1 aromatic carbocycles. The summed E-state index contributed by atoms with van der Waals surface area (Å²) < 4.78 is 28.2. The van der Waals surface area contributed by atoms with Gasteiger partial charge < -0.3 is 34.3 Å². The fourth-order valence-electron chi connectivity index (χ4n) is 4.47. The zero-order chi connectivity index (χ0) is 22.1. The number of guanidine groups is 1. The third kappa shape index (κ3) is 6.05. The standard InChI is InChI=1S/C24H37N3O5/c1-2-25-23(26-10-4-11-29-16-20-5-3-12-30-20)27-17-24(8-13-28-14-9-24)19-6-7-21-22(15-19)32-18-31-21/h6-7,15,20H,2-5,8-14,16-18H2,1H3,(H2,25,26,27). The lowest BCUT2D eigenvalue weighted by Gasteiger charge is -2.36. The van der Waals surface area contributed by atoms with Crippen molar-refractivity contribution in [2.45, 2.75) is 50.5 Å². The zero-order valence-corrected chi connectivity index (χ0v) is 19.2. The number of benzene rings is 1. The number of fused-ring (bicyclic) bond motifs is 1. The van der Waals surface area contributed by atoms with Gasteiger partial charge in [-0.25, -0.2) is 0 Å². The Hall–Kier alpha value is -2.03. The molecule has 3 aliphatic heterocycles. The Morgan fingerprint density at radius 2 is 2.03 bits per heavy atom. The summed E-state index contributed by atoms with van der Waals surface area (Å²) in [6, 6.07) is 6.29. The molecule has 32 heavy (non-hydrogen) atoms. The minimum Gasteiger partial charge on any atom is -0.454 e. The number of ether oxygens (including phenoxy) is 5. The molecular weight excluding hydrogens is 410 g/mol. The molecule has 1 unspecified atom stereocenters. The summed E-state index contributed by atoms with van der Waals surface area (Å²) >= 11 is 0. The number of hydrogen-bond donors (Lipinski definition) is 2. The molecule has 2 N–H and O–H groups in total. The van der Waals surface area contributed by atoms with Gasteiger partial charge in [0.25, 0.3) is 0 Å². The second-order valence-corrected chi connectivity index (χ2v) is 8.65. The minimum absolute atomic E-state index is 0.0635. The molecule has 1 atom stereocenters. The summed E-state index contributed by atoms with van der Waals surface area (Å²) in [5.41, 5.74) is 1.18. The first-order valence-electron chi connectivity index (χ1n) is 12.0. The topological polar surface area (TPSA) is 82.6 Å². The quantitative estimate of drug-likeness (QED) is 0.324. The van der Waals surface area contributed by atoms with Crippen LogP contribution in [0.1, 0.15) is 44.6 Å². The molecule has 4 rings (SSSR count). The van der Waals surface area contributed by atoms with E-state index >= 15 is 0 Å². The van der Waals surface area contributed by atoms with Crippen LogP contribution in [0.15, 0.2) is 23.2 Å². The normalized spacial score (nSPS) is 22.2. The van der Waals surface area contributed by atoms with E-state index in [-0.39, 0.29) is 11.5 Å². The molecule has 3 aliphatic rings. The molecule has 8 heteroatoms. The van der Waals surface area contributed by atoms with Gasteiger partial charge in [0.05, 0.1) is 19.3 Å². The lowest BCUT2D eigenvalue weighted by atomic mass is 9.74. The lowest BCUT2D eigenvalue weighted by Crippen LogP contribution is -2.41. The van der Waals surface area contributed by atoms with E-state index in [1.54, 1.807) is 0 Å². The predicted octanol–water partition coefficient (Wildman–Crippen LogP) is 2.60. The average molecular weight is 448 g/mol. The van der Waals surface area contributed by atoms with E-state index < -0.39 is 0 Å². The number of hydrogen-bond acceptors (Lipinski definition) is 6. The molecule has 2 saturated heterocycles. The monoisotopic (exact) mass is 447 g/mol. The largest absolute Gasteiger partial charge is 0.454 e. The average Bonchev–Trinajstić information content (AvgIpc) is 3.51. The van der Waals surface area contributed by atoms with Crippen LogP contribution in [0.3, 0.4) is 0 Å².